The molecule has 2 rings (SSSR count). The molecule has 21 heavy (non-hydrogen) atoms. The molecule has 0 atom stereocenters. The molecule has 2 nitrogen and oxygen atoms in total. The zero-order valence-corrected chi connectivity index (χ0v) is 12.8. The predicted octanol–water partition coefficient (Wildman–Crippen LogP) is 4.90. The molecule has 0 aliphatic carbocycles. The summed E-state index contributed by atoms with van der Waals surface area (Å²) in [6, 6.07) is 5.47. The number of aromatic nitrogens is 2. The van der Waals surface area contributed by atoms with Crippen LogP contribution in [-0.4, -0.2) is 9.55 Å². The maximum Gasteiger partial charge on any atom is 0.449 e. The predicted molar refractivity (Wildman–Crippen MR) is 76.5 cm³/mol. The van der Waals surface area contributed by atoms with Gasteiger partial charge in [-0.2, -0.15) is 13.2 Å². The third-order valence-electron chi connectivity index (χ3n) is 3.23. The first-order valence-corrected chi connectivity index (χ1v) is 6.84. The largest absolute Gasteiger partial charge is 0.449 e. The van der Waals surface area contributed by atoms with Crippen LogP contribution in [-0.2, 0) is 18.1 Å². The number of hydrogen-bond donors (Lipinski definition) is 0. The van der Waals surface area contributed by atoms with Gasteiger partial charge in [-0.3, -0.25) is 0 Å². The zero-order valence-electron chi connectivity index (χ0n) is 12.0. The molecule has 0 saturated carbocycles. The standard InChI is InChI=1S/C15H16ClF3N2/c1-14(2,3)11-5-4-10(12(16)8-11)9-21-7-6-20-13(21)15(17,18)19/h4-8H,9H2,1-3H3. The Balaban J connectivity index is 2.32. The highest BCUT2D eigenvalue weighted by atomic mass is 35.5. The average Bonchev–Trinajstić information content (AvgIpc) is 2.78. The van der Waals surface area contributed by atoms with E-state index in [4.69, 9.17) is 11.6 Å². The van der Waals surface area contributed by atoms with Gasteiger partial charge < -0.3 is 4.57 Å². The summed E-state index contributed by atoms with van der Waals surface area (Å²) in [7, 11) is 0. The van der Waals surface area contributed by atoms with Crippen molar-refractivity contribution in [1.29, 1.82) is 0 Å². The highest BCUT2D eigenvalue weighted by Crippen LogP contribution is 2.30. The van der Waals surface area contributed by atoms with Gasteiger partial charge in [0.25, 0.3) is 0 Å². The third kappa shape index (κ3) is 3.59. The maximum atomic E-state index is 12.8. The summed E-state index contributed by atoms with van der Waals surface area (Å²) in [5.74, 6) is -0.918. The van der Waals surface area contributed by atoms with Crippen LogP contribution in [0.5, 0.6) is 0 Å². The second-order valence-corrected chi connectivity index (χ2v) is 6.34. The molecular formula is C15H16ClF3N2. The Bertz CT molecular complexity index is 639. The van der Waals surface area contributed by atoms with Crippen LogP contribution in [0.25, 0.3) is 0 Å². The molecule has 1 aromatic carbocycles. The van der Waals surface area contributed by atoms with E-state index in [9.17, 15) is 13.2 Å². The first-order valence-electron chi connectivity index (χ1n) is 6.46. The van der Waals surface area contributed by atoms with Gasteiger partial charge in [-0.25, -0.2) is 4.98 Å². The topological polar surface area (TPSA) is 17.8 Å². The molecule has 0 saturated heterocycles. The first-order chi connectivity index (χ1) is 9.59. The molecule has 0 fully saturated rings. The van der Waals surface area contributed by atoms with Crippen LogP contribution in [0.15, 0.2) is 30.6 Å². The summed E-state index contributed by atoms with van der Waals surface area (Å²) in [4.78, 5) is 3.36. The number of hydrogen-bond acceptors (Lipinski definition) is 1. The summed E-state index contributed by atoms with van der Waals surface area (Å²) in [6.07, 6.45) is -2.03. The van der Waals surface area contributed by atoms with Gasteiger partial charge in [0, 0.05) is 17.4 Å². The SMILES string of the molecule is CC(C)(C)c1ccc(Cn2ccnc2C(F)(F)F)c(Cl)c1. The van der Waals surface area contributed by atoms with Gasteiger partial charge in [0.2, 0.25) is 5.82 Å². The summed E-state index contributed by atoms with van der Waals surface area (Å²) >= 11 is 6.20. The molecule has 0 radical (unpaired) electrons. The lowest BCUT2D eigenvalue weighted by atomic mass is 9.86. The summed E-state index contributed by atoms with van der Waals surface area (Å²) < 4.78 is 39.4. The van der Waals surface area contributed by atoms with Gasteiger partial charge in [-0.15, -0.1) is 0 Å². The zero-order chi connectivity index (χ0) is 15.8. The number of imidazole rings is 1. The van der Waals surface area contributed by atoms with Crippen LogP contribution in [0.3, 0.4) is 0 Å². The minimum absolute atomic E-state index is 0.0398. The van der Waals surface area contributed by atoms with Crippen LogP contribution < -0.4 is 0 Å². The van der Waals surface area contributed by atoms with Gasteiger partial charge in [0.1, 0.15) is 0 Å². The normalized spacial score (nSPS) is 12.7. The Kier molecular flexibility index (Phi) is 4.06. The molecule has 0 N–H and O–H groups in total. The van der Waals surface area contributed by atoms with E-state index in [0.29, 0.717) is 10.6 Å². The highest BCUT2D eigenvalue weighted by Gasteiger charge is 2.36. The summed E-state index contributed by atoms with van der Waals surface area (Å²) in [5, 5.41) is 0.462. The molecule has 0 bridgehead atoms. The Morgan fingerprint density at radius 1 is 1.19 bits per heavy atom. The van der Waals surface area contributed by atoms with Gasteiger partial charge in [0.15, 0.2) is 0 Å². The van der Waals surface area contributed by atoms with Crippen LogP contribution in [0, 0.1) is 0 Å². The van der Waals surface area contributed by atoms with E-state index in [1.165, 1.54) is 6.20 Å². The number of benzene rings is 1. The average molecular weight is 317 g/mol. The van der Waals surface area contributed by atoms with Crippen LogP contribution in [0.2, 0.25) is 5.02 Å². The molecule has 1 heterocycles. The lowest BCUT2D eigenvalue weighted by Crippen LogP contribution is -2.16. The van der Waals surface area contributed by atoms with Gasteiger partial charge in [0.05, 0.1) is 6.54 Å². The van der Waals surface area contributed by atoms with Gasteiger partial charge >= 0.3 is 6.18 Å². The van der Waals surface area contributed by atoms with Crippen molar-refractivity contribution in [2.75, 3.05) is 0 Å². The minimum Gasteiger partial charge on any atom is -0.323 e. The Morgan fingerprint density at radius 3 is 2.38 bits per heavy atom. The van der Waals surface area contributed by atoms with E-state index < -0.39 is 12.0 Å². The molecular weight excluding hydrogens is 301 g/mol. The second-order valence-electron chi connectivity index (χ2n) is 5.93. The van der Waals surface area contributed by atoms with E-state index in [-0.39, 0.29) is 12.0 Å². The molecule has 0 unspecified atom stereocenters. The van der Waals surface area contributed by atoms with Crippen molar-refractivity contribution in [3.8, 4) is 0 Å². The van der Waals surface area contributed by atoms with E-state index >= 15 is 0 Å². The number of halogens is 4. The molecule has 1 aromatic heterocycles. The fraction of sp³-hybridized carbons (Fsp3) is 0.400. The van der Waals surface area contributed by atoms with Gasteiger partial charge in [-0.1, -0.05) is 44.5 Å². The first kappa shape index (κ1) is 15.9. The Hall–Kier alpha value is -1.49. The fourth-order valence-electron chi connectivity index (χ4n) is 2.02. The number of alkyl halides is 3. The van der Waals surface area contributed by atoms with Crippen molar-refractivity contribution >= 4 is 11.6 Å². The van der Waals surface area contributed by atoms with Crippen molar-refractivity contribution in [3.05, 3.63) is 52.6 Å². The van der Waals surface area contributed by atoms with Crippen molar-refractivity contribution in [1.82, 2.24) is 9.55 Å². The third-order valence-corrected chi connectivity index (χ3v) is 3.58. The van der Waals surface area contributed by atoms with Gasteiger partial charge in [-0.05, 0) is 22.6 Å². The molecule has 0 amide bonds. The quantitative estimate of drug-likeness (QED) is 0.770. The Morgan fingerprint density at radius 2 is 1.86 bits per heavy atom. The smallest absolute Gasteiger partial charge is 0.323 e. The molecule has 0 spiro atoms. The maximum absolute atomic E-state index is 12.8. The van der Waals surface area contributed by atoms with E-state index in [1.807, 2.05) is 6.07 Å². The molecule has 0 aliphatic rings. The monoisotopic (exact) mass is 316 g/mol. The van der Waals surface area contributed by atoms with E-state index in [2.05, 4.69) is 25.8 Å². The summed E-state index contributed by atoms with van der Waals surface area (Å²) in [5.41, 5.74) is 1.61. The van der Waals surface area contributed by atoms with Crippen LogP contribution in [0.1, 0.15) is 37.7 Å². The lowest BCUT2D eigenvalue weighted by molar-refractivity contribution is -0.147. The van der Waals surface area contributed by atoms with Crippen molar-refractivity contribution in [3.63, 3.8) is 0 Å². The highest BCUT2D eigenvalue weighted by molar-refractivity contribution is 6.31. The molecule has 2 aromatic rings. The van der Waals surface area contributed by atoms with Crippen LogP contribution >= 0.6 is 11.6 Å². The minimum atomic E-state index is -4.47. The molecule has 0 aliphatic heterocycles. The van der Waals surface area contributed by atoms with E-state index in [1.54, 1.807) is 12.1 Å². The second kappa shape index (κ2) is 5.37. The van der Waals surface area contributed by atoms with Crippen molar-refractivity contribution < 1.29 is 13.2 Å². The Labute approximate surface area is 126 Å². The number of nitrogens with zero attached hydrogens (tertiary/aromatic N) is 2. The molecule has 114 valence electrons. The lowest BCUT2D eigenvalue weighted by Gasteiger charge is -2.20. The number of rotatable bonds is 2. The van der Waals surface area contributed by atoms with Crippen LogP contribution in [0.4, 0.5) is 13.2 Å². The van der Waals surface area contributed by atoms with Crippen molar-refractivity contribution in [2.45, 2.75) is 38.9 Å². The van der Waals surface area contributed by atoms with Crippen molar-refractivity contribution in [2.24, 2.45) is 0 Å². The van der Waals surface area contributed by atoms with E-state index in [0.717, 1.165) is 16.3 Å². The fourth-order valence-corrected chi connectivity index (χ4v) is 2.26. The summed E-state index contributed by atoms with van der Waals surface area (Å²) in [6.45, 7) is 6.19. The molecule has 6 heteroatoms.